The van der Waals surface area contributed by atoms with Crippen molar-refractivity contribution in [2.45, 2.75) is 18.1 Å². The molecular weight excluding hydrogens is 270 g/mol. The highest BCUT2D eigenvalue weighted by Gasteiger charge is 2.30. The van der Waals surface area contributed by atoms with E-state index in [4.69, 9.17) is 5.14 Å². The lowest BCUT2D eigenvalue weighted by molar-refractivity contribution is 0.0726. The minimum atomic E-state index is -3.63. The smallest absolute Gasteiger partial charge is 0.255 e. The first kappa shape index (κ1) is 13.8. The van der Waals surface area contributed by atoms with Crippen LogP contribution in [0.25, 0.3) is 0 Å². The van der Waals surface area contributed by atoms with Crippen molar-refractivity contribution in [1.82, 2.24) is 9.88 Å². The number of carbonyl (C=O) groups is 1. The van der Waals surface area contributed by atoms with Crippen LogP contribution in [0, 0.1) is 0 Å². The van der Waals surface area contributed by atoms with Crippen LogP contribution in [-0.2, 0) is 10.0 Å². The molecule has 1 aliphatic rings. The summed E-state index contributed by atoms with van der Waals surface area (Å²) in [6, 6.07) is 2.68. The molecule has 0 aliphatic carbocycles. The van der Waals surface area contributed by atoms with E-state index in [-0.39, 0.29) is 18.0 Å². The maximum Gasteiger partial charge on any atom is 0.255 e. The lowest BCUT2D eigenvalue weighted by atomic mass is 10.1. The topological polar surface area (TPSA) is 113 Å². The first-order valence-electron chi connectivity index (χ1n) is 5.87. The van der Waals surface area contributed by atoms with Crippen LogP contribution >= 0.6 is 0 Å². The second-order valence-electron chi connectivity index (χ2n) is 4.55. The van der Waals surface area contributed by atoms with Gasteiger partial charge in [0.1, 0.15) is 0 Å². The molecule has 1 aromatic rings. The Hall–Kier alpha value is -1.67. The van der Waals surface area contributed by atoms with Gasteiger partial charge in [0.2, 0.25) is 15.6 Å². The third-order valence-electron chi connectivity index (χ3n) is 3.16. The Morgan fingerprint density at radius 1 is 1.42 bits per heavy atom. The van der Waals surface area contributed by atoms with Crippen molar-refractivity contribution < 1.29 is 13.2 Å². The van der Waals surface area contributed by atoms with E-state index < -0.39 is 15.3 Å². The minimum Gasteiger partial charge on any atom is -0.337 e. The summed E-state index contributed by atoms with van der Waals surface area (Å²) >= 11 is 0. The van der Waals surface area contributed by atoms with Crippen LogP contribution in [0.3, 0.4) is 0 Å². The Morgan fingerprint density at radius 2 is 2.16 bits per heavy atom. The number of nitrogens with one attached hydrogen (secondary N) is 1. The quantitative estimate of drug-likeness (QED) is 0.745. The van der Waals surface area contributed by atoms with E-state index in [1.54, 1.807) is 0 Å². The second kappa shape index (κ2) is 5.14. The number of hydrogen-bond acceptors (Lipinski definition) is 4. The van der Waals surface area contributed by atoms with Crippen LogP contribution in [-0.4, -0.2) is 42.5 Å². The van der Waals surface area contributed by atoms with Gasteiger partial charge in [-0.3, -0.25) is 9.59 Å². The lowest BCUT2D eigenvalue weighted by Crippen LogP contribution is -2.47. The van der Waals surface area contributed by atoms with Crippen molar-refractivity contribution in [1.29, 1.82) is 0 Å². The monoisotopic (exact) mass is 285 g/mol. The molecule has 1 saturated heterocycles. The summed E-state index contributed by atoms with van der Waals surface area (Å²) in [7, 11) is -3.63. The van der Waals surface area contributed by atoms with Crippen molar-refractivity contribution >= 4 is 15.9 Å². The number of carbonyl (C=O) groups excluding carboxylic acids is 1. The number of pyridine rings is 1. The van der Waals surface area contributed by atoms with Gasteiger partial charge in [0, 0.05) is 25.4 Å². The minimum absolute atomic E-state index is 0.0940. The van der Waals surface area contributed by atoms with Crippen LogP contribution in [0.4, 0.5) is 0 Å². The van der Waals surface area contributed by atoms with Crippen molar-refractivity contribution in [3.05, 3.63) is 34.2 Å². The molecule has 2 heterocycles. The Morgan fingerprint density at radius 3 is 2.74 bits per heavy atom. The third-order valence-corrected chi connectivity index (χ3v) is 4.48. The number of sulfonamides is 1. The number of aromatic amines is 1. The zero-order valence-corrected chi connectivity index (χ0v) is 11.0. The predicted octanol–water partition coefficient (Wildman–Crippen LogP) is -0.732. The number of piperidine rings is 1. The summed E-state index contributed by atoms with van der Waals surface area (Å²) in [5, 5.41) is 4.40. The molecule has 1 aromatic heterocycles. The largest absolute Gasteiger partial charge is 0.337 e. The van der Waals surface area contributed by atoms with Crippen LogP contribution in [0.2, 0.25) is 0 Å². The summed E-state index contributed by atoms with van der Waals surface area (Å²) in [6.07, 6.45) is 2.38. The summed E-state index contributed by atoms with van der Waals surface area (Å²) in [4.78, 5) is 26.9. The molecule has 8 heteroatoms. The molecule has 0 aromatic carbocycles. The molecule has 1 atom stereocenters. The van der Waals surface area contributed by atoms with Gasteiger partial charge >= 0.3 is 0 Å². The SMILES string of the molecule is NS(=O)(=O)C1CCCN(C(=O)c2ccc(=O)[nH]c2)C1. The maximum atomic E-state index is 12.2. The van der Waals surface area contributed by atoms with Gasteiger partial charge in [0.25, 0.3) is 5.91 Å². The average molecular weight is 285 g/mol. The summed E-state index contributed by atoms with van der Waals surface area (Å²) in [5.74, 6) is -0.301. The molecule has 0 bridgehead atoms. The zero-order valence-electron chi connectivity index (χ0n) is 10.2. The van der Waals surface area contributed by atoms with Crippen molar-refractivity contribution in [2.24, 2.45) is 5.14 Å². The maximum absolute atomic E-state index is 12.2. The number of rotatable bonds is 2. The van der Waals surface area contributed by atoms with Crippen molar-refractivity contribution in [3.63, 3.8) is 0 Å². The molecule has 1 unspecified atom stereocenters. The number of H-pyrrole nitrogens is 1. The Kier molecular flexibility index (Phi) is 3.72. The molecule has 3 N–H and O–H groups in total. The molecule has 7 nitrogen and oxygen atoms in total. The standard InChI is InChI=1S/C11H15N3O4S/c12-19(17,18)9-2-1-5-14(7-9)11(16)8-3-4-10(15)13-6-8/h3-4,6,9H,1-2,5,7H2,(H,13,15)(H2,12,17,18). The van der Waals surface area contributed by atoms with E-state index in [9.17, 15) is 18.0 Å². The Labute approximate surface area is 110 Å². The number of likely N-dealkylation sites (tertiary alicyclic amines) is 1. The predicted molar refractivity (Wildman–Crippen MR) is 69.1 cm³/mol. The van der Waals surface area contributed by atoms with Gasteiger partial charge < -0.3 is 9.88 Å². The Bertz CT molecular complexity index is 617. The summed E-state index contributed by atoms with van der Waals surface area (Å²) < 4.78 is 22.7. The first-order chi connectivity index (χ1) is 8.88. The number of amides is 1. The normalized spacial score (nSPS) is 20.3. The average Bonchev–Trinajstić information content (AvgIpc) is 2.38. The van der Waals surface area contributed by atoms with Crippen LogP contribution in [0.5, 0.6) is 0 Å². The lowest BCUT2D eigenvalue weighted by Gasteiger charge is -2.31. The molecule has 104 valence electrons. The van der Waals surface area contributed by atoms with E-state index in [0.29, 0.717) is 24.9 Å². The van der Waals surface area contributed by atoms with Crippen LogP contribution in [0.1, 0.15) is 23.2 Å². The van der Waals surface area contributed by atoms with Gasteiger partial charge in [0.05, 0.1) is 10.8 Å². The molecule has 1 amide bonds. The highest BCUT2D eigenvalue weighted by molar-refractivity contribution is 7.89. The highest BCUT2D eigenvalue weighted by atomic mass is 32.2. The molecular formula is C11H15N3O4S. The molecule has 0 spiro atoms. The van der Waals surface area contributed by atoms with Crippen molar-refractivity contribution in [2.75, 3.05) is 13.1 Å². The Balaban J connectivity index is 2.15. The molecule has 19 heavy (non-hydrogen) atoms. The van der Waals surface area contributed by atoms with Gasteiger partial charge in [-0.15, -0.1) is 0 Å². The van der Waals surface area contributed by atoms with Gasteiger partial charge in [-0.1, -0.05) is 0 Å². The molecule has 0 radical (unpaired) electrons. The van der Waals surface area contributed by atoms with Crippen LogP contribution in [0.15, 0.2) is 23.1 Å². The second-order valence-corrected chi connectivity index (χ2v) is 6.39. The van der Waals surface area contributed by atoms with E-state index in [1.165, 1.54) is 23.2 Å². The fraction of sp³-hybridized carbons (Fsp3) is 0.455. The van der Waals surface area contributed by atoms with E-state index >= 15 is 0 Å². The zero-order chi connectivity index (χ0) is 14.0. The molecule has 1 aliphatic heterocycles. The van der Waals surface area contributed by atoms with Crippen molar-refractivity contribution in [3.8, 4) is 0 Å². The van der Waals surface area contributed by atoms with Crippen LogP contribution < -0.4 is 10.7 Å². The number of hydrogen-bond donors (Lipinski definition) is 2. The highest BCUT2D eigenvalue weighted by Crippen LogP contribution is 2.17. The number of nitrogens with two attached hydrogens (primary N) is 1. The molecule has 1 fully saturated rings. The third kappa shape index (κ3) is 3.21. The molecule has 0 saturated carbocycles. The summed E-state index contributed by atoms with van der Waals surface area (Å²) in [6.45, 7) is 0.584. The van der Waals surface area contributed by atoms with E-state index in [1.807, 2.05) is 0 Å². The fourth-order valence-corrected chi connectivity index (χ4v) is 3.00. The first-order valence-corrected chi connectivity index (χ1v) is 7.48. The van der Waals surface area contributed by atoms with Gasteiger partial charge in [-0.05, 0) is 18.9 Å². The van der Waals surface area contributed by atoms with Gasteiger partial charge in [-0.2, -0.15) is 0 Å². The fourth-order valence-electron chi connectivity index (χ4n) is 2.12. The molecule has 2 rings (SSSR count). The van der Waals surface area contributed by atoms with Gasteiger partial charge in [-0.25, -0.2) is 13.6 Å². The van der Waals surface area contributed by atoms with E-state index in [0.717, 1.165) is 0 Å². The number of aromatic nitrogens is 1. The number of nitrogens with zero attached hydrogens (tertiary/aromatic N) is 1. The summed E-state index contributed by atoms with van der Waals surface area (Å²) in [5.41, 5.74) is 0.0345. The van der Waals surface area contributed by atoms with Gasteiger partial charge in [0.15, 0.2) is 0 Å². The van der Waals surface area contributed by atoms with E-state index in [2.05, 4.69) is 4.98 Å². The number of primary sulfonamides is 1.